The van der Waals surface area contributed by atoms with Crippen molar-refractivity contribution in [2.24, 2.45) is 5.73 Å². The highest BCUT2D eigenvalue weighted by Gasteiger charge is 2.30. The van der Waals surface area contributed by atoms with Crippen molar-refractivity contribution in [2.75, 3.05) is 18.8 Å². The summed E-state index contributed by atoms with van der Waals surface area (Å²) in [7, 11) is -3.34. The predicted molar refractivity (Wildman–Crippen MR) is 72.9 cm³/mol. The van der Waals surface area contributed by atoms with Gasteiger partial charge in [0, 0.05) is 35.5 Å². The number of nitrogens with two attached hydrogens (primary N) is 1. The lowest BCUT2D eigenvalue weighted by Gasteiger charge is -2.29. The molecule has 96 valence electrons. The number of thiophene rings is 1. The first-order chi connectivity index (χ1) is 8.05. The standard InChI is InChI=1S/C10H16N2O2S3/c1-8-7-12(3-5-15-8)17(13,14)10-2-4-16-9(10)6-11/h2,4,8H,3,5-7,11H2,1H3. The van der Waals surface area contributed by atoms with Crippen LogP contribution in [0.1, 0.15) is 11.8 Å². The number of sulfonamides is 1. The second-order valence-corrected chi connectivity index (χ2v) is 8.41. The molecule has 0 spiro atoms. The van der Waals surface area contributed by atoms with Crippen molar-refractivity contribution in [3.63, 3.8) is 0 Å². The molecule has 1 aromatic rings. The molecule has 1 aliphatic heterocycles. The molecule has 17 heavy (non-hydrogen) atoms. The molecule has 2 heterocycles. The van der Waals surface area contributed by atoms with Crippen molar-refractivity contribution in [2.45, 2.75) is 23.6 Å². The zero-order valence-corrected chi connectivity index (χ0v) is 12.1. The van der Waals surface area contributed by atoms with Crippen LogP contribution in [0.3, 0.4) is 0 Å². The van der Waals surface area contributed by atoms with Crippen LogP contribution >= 0.6 is 23.1 Å². The van der Waals surface area contributed by atoms with Gasteiger partial charge in [-0.05, 0) is 11.4 Å². The summed E-state index contributed by atoms with van der Waals surface area (Å²) >= 11 is 3.22. The van der Waals surface area contributed by atoms with E-state index in [-0.39, 0.29) is 6.54 Å². The second-order valence-electron chi connectivity index (χ2n) is 3.96. The molecule has 0 aromatic carbocycles. The van der Waals surface area contributed by atoms with E-state index >= 15 is 0 Å². The average molecular weight is 292 g/mol. The Labute approximate surface area is 110 Å². The highest BCUT2D eigenvalue weighted by molar-refractivity contribution is 8.00. The van der Waals surface area contributed by atoms with Crippen molar-refractivity contribution < 1.29 is 8.42 Å². The van der Waals surface area contributed by atoms with E-state index in [1.54, 1.807) is 15.8 Å². The third kappa shape index (κ3) is 2.68. The second kappa shape index (κ2) is 5.27. The molecule has 7 heteroatoms. The molecule has 1 aromatic heterocycles. The fraction of sp³-hybridized carbons (Fsp3) is 0.600. The van der Waals surface area contributed by atoms with Crippen LogP contribution in [0.15, 0.2) is 16.3 Å². The summed E-state index contributed by atoms with van der Waals surface area (Å²) in [4.78, 5) is 1.14. The van der Waals surface area contributed by atoms with E-state index in [0.717, 1.165) is 10.6 Å². The van der Waals surface area contributed by atoms with Crippen LogP contribution in [0.5, 0.6) is 0 Å². The summed E-state index contributed by atoms with van der Waals surface area (Å²) in [6.07, 6.45) is 0. The minimum atomic E-state index is -3.34. The maximum atomic E-state index is 12.4. The van der Waals surface area contributed by atoms with E-state index in [0.29, 0.717) is 23.2 Å². The van der Waals surface area contributed by atoms with Gasteiger partial charge in [0.2, 0.25) is 10.0 Å². The first-order valence-corrected chi connectivity index (χ1v) is 8.80. The molecule has 0 bridgehead atoms. The van der Waals surface area contributed by atoms with Gasteiger partial charge in [-0.3, -0.25) is 0 Å². The van der Waals surface area contributed by atoms with Gasteiger partial charge < -0.3 is 5.73 Å². The molecule has 1 atom stereocenters. The molecule has 0 amide bonds. The van der Waals surface area contributed by atoms with E-state index < -0.39 is 10.0 Å². The van der Waals surface area contributed by atoms with E-state index in [9.17, 15) is 8.42 Å². The molecular weight excluding hydrogens is 276 g/mol. The number of hydrogen-bond donors (Lipinski definition) is 1. The SMILES string of the molecule is CC1CN(S(=O)(=O)c2ccsc2CN)CCS1. The summed E-state index contributed by atoms with van der Waals surface area (Å²) < 4.78 is 26.5. The van der Waals surface area contributed by atoms with Crippen LogP contribution < -0.4 is 5.73 Å². The van der Waals surface area contributed by atoms with Gasteiger partial charge in [0.25, 0.3) is 0 Å². The molecule has 1 aliphatic rings. The molecule has 2 N–H and O–H groups in total. The molecule has 1 saturated heterocycles. The monoisotopic (exact) mass is 292 g/mol. The van der Waals surface area contributed by atoms with Crippen molar-refractivity contribution in [3.8, 4) is 0 Å². The predicted octanol–water partition coefficient (Wildman–Crippen LogP) is 1.33. The minimum Gasteiger partial charge on any atom is -0.326 e. The smallest absolute Gasteiger partial charge is 0.244 e. The summed E-state index contributed by atoms with van der Waals surface area (Å²) in [5.41, 5.74) is 5.57. The van der Waals surface area contributed by atoms with Crippen molar-refractivity contribution in [1.29, 1.82) is 0 Å². The number of rotatable bonds is 3. The molecule has 4 nitrogen and oxygen atoms in total. The first kappa shape index (κ1) is 13.4. The van der Waals surface area contributed by atoms with Gasteiger partial charge in [0.05, 0.1) is 4.90 Å². The Morgan fingerprint density at radius 1 is 1.59 bits per heavy atom. The Morgan fingerprint density at radius 2 is 2.35 bits per heavy atom. The van der Waals surface area contributed by atoms with E-state index in [2.05, 4.69) is 6.92 Å². The van der Waals surface area contributed by atoms with Gasteiger partial charge in [0.15, 0.2) is 0 Å². The quantitative estimate of drug-likeness (QED) is 0.913. The van der Waals surface area contributed by atoms with Crippen LogP contribution in [-0.4, -0.2) is 36.8 Å². The van der Waals surface area contributed by atoms with Gasteiger partial charge in [-0.15, -0.1) is 11.3 Å². The van der Waals surface area contributed by atoms with Gasteiger partial charge in [0.1, 0.15) is 0 Å². The summed E-state index contributed by atoms with van der Waals surface area (Å²) in [5, 5.41) is 2.15. The Balaban J connectivity index is 2.30. The van der Waals surface area contributed by atoms with E-state index in [1.165, 1.54) is 11.3 Å². The summed E-state index contributed by atoms with van der Waals surface area (Å²) in [5.74, 6) is 0.864. The molecule has 0 aliphatic carbocycles. The van der Waals surface area contributed by atoms with Crippen molar-refractivity contribution in [3.05, 3.63) is 16.3 Å². The first-order valence-electron chi connectivity index (χ1n) is 5.44. The molecular formula is C10H16N2O2S3. The molecule has 0 saturated carbocycles. The van der Waals surface area contributed by atoms with Gasteiger partial charge in [-0.25, -0.2) is 8.42 Å². The van der Waals surface area contributed by atoms with Crippen LogP contribution in [0.25, 0.3) is 0 Å². The lowest BCUT2D eigenvalue weighted by molar-refractivity contribution is 0.424. The third-order valence-corrected chi connectivity index (χ3v) is 6.87. The van der Waals surface area contributed by atoms with Crippen LogP contribution in [-0.2, 0) is 16.6 Å². The Kier molecular flexibility index (Phi) is 4.14. The van der Waals surface area contributed by atoms with Crippen LogP contribution in [0.4, 0.5) is 0 Å². The highest BCUT2D eigenvalue weighted by Crippen LogP contribution is 2.28. The molecule has 0 radical (unpaired) electrons. The fourth-order valence-corrected chi connectivity index (χ4v) is 5.91. The number of thioether (sulfide) groups is 1. The maximum absolute atomic E-state index is 12.4. The Bertz CT molecular complexity index is 483. The zero-order chi connectivity index (χ0) is 12.5. The van der Waals surface area contributed by atoms with Crippen LogP contribution in [0, 0.1) is 0 Å². The summed E-state index contributed by atoms with van der Waals surface area (Å²) in [6.45, 7) is 3.53. The zero-order valence-electron chi connectivity index (χ0n) is 9.63. The third-order valence-electron chi connectivity index (χ3n) is 2.71. The Hall–Kier alpha value is -0.0800. The maximum Gasteiger partial charge on any atom is 0.244 e. The van der Waals surface area contributed by atoms with Crippen molar-refractivity contribution in [1.82, 2.24) is 4.31 Å². The van der Waals surface area contributed by atoms with Gasteiger partial charge in [-0.1, -0.05) is 6.92 Å². The van der Waals surface area contributed by atoms with E-state index in [1.807, 2.05) is 11.8 Å². The molecule has 1 unspecified atom stereocenters. The van der Waals surface area contributed by atoms with Gasteiger partial charge >= 0.3 is 0 Å². The largest absolute Gasteiger partial charge is 0.326 e. The van der Waals surface area contributed by atoms with E-state index in [4.69, 9.17) is 5.73 Å². The molecule has 2 rings (SSSR count). The lowest BCUT2D eigenvalue weighted by atomic mass is 10.4. The normalized spacial score (nSPS) is 22.8. The number of nitrogens with zero attached hydrogens (tertiary/aromatic N) is 1. The lowest BCUT2D eigenvalue weighted by Crippen LogP contribution is -2.41. The fourth-order valence-electron chi connectivity index (χ4n) is 1.85. The average Bonchev–Trinajstić information content (AvgIpc) is 2.77. The highest BCUT2D eigenvalue weighted by atomic mass is 32.2. The van der Waals surface area contributed by atoms with Crippen LogP contribution in [0.2, 0.25) is 0 Å². The summed E-state index contributed by atoms with van der Waals surface area (Å²) in [6, 6.07) is 1.66. The van der Waals surface area contributed by atoms with Gasteiger partial charge in [-0.2, -0.15) is 16.1 Å². The minimum absolute atomic E-state index is 0.282. The molecule has 1 fully saturated rings. The topological polar surface area (TPSA) is 63.4 Å². The number of hydrogen-bond acceptors (Lipinski definition) is 5. The van der Waals surface area contributed by atoms with Crippen molar-refractivity contribution >= 4 is 33.1 Å². The Morgan fingerprint density at radius 3 is 3.00 bits per heavy atom.